The van der Waals surface area contributed by atoms with E-state index < -0.39 is 104 Å². The minimum absolute atomic E-state index is 0.0851. The molecular weight excluding hydrogens is 587 g/mol. The van der Waals surface area contributed by atoms with Crippen molar-refractivity contribution in [1.82, 2.24) is 21.3 Å². The Morgan fingerprint density at radius 1 is 0.818 bits per heavy atom. The molecule has 6 unspecified atom stereocenters. The second-order valence-corrected chi connectivity index (χ2v) is 10.0. The van der Waals surface area contributed by atoms with Crippen LogP contribution in [0.2, 0.25) is 0 Å². The highest BCUT2D eigenvalue weighted by molar-refractivity contribution is 5.97. The van der Waals surface area contributed by atoms with Gasteiger partial charge >= 0.3 is 18.0 Å². The van der Waals surface area contributed by atoms with E-state index in [9.17, 15) is 43.1 Å². The fourth-order valence-electron chi connectivity index (χ4n) is 3.83. The van der Waals surface area contributed by atoms with Gasteiger partial charge in [-0.25, -0.2) is 9.18 Å². The van der Waals surface area contributed by atoms with Crippen LogP contribution >= 0.6 is 0 Å². The quantitative estimate of drug-likeness (QED) is 0.108. The third-order valence-corrected chi connectivity index (χ3v) is 6.54. The van der Waals surface area contributed by atoms with Gasteiger partial charge in [-0.2, -0.15) is 0 Å². The maximum absolute atomic E-state index is 13.3. The van der Waals surface area contributed by atoms with Gasteiger partial charge in [-0.15, -0.1) is 0 Å². The fourth-order valence-corrected chi connectivity index (χ4v) is 3.83. The Labute approximate surface area is 252 Å². The normalized spacial score (nSPS) is 14.8. The van der Waals surface area contributed by atoms with Gasteiger partial charge in [0.1, 0.15) is 37.4 Å². The Morgan fingerprint density at radius 3 is 1.93 bits per heavy atom. The molecule has 0 heterocycles. The van der Waals surface area contributed by atoms with Gasteiger partial charge in [0.2, 0.25) is 17.7 Å². The number of ether oxygens (including phenoxy) is 1. The zero-order valence-corrected chi connectivity index (χ0v) is 24.6. The van der Waals surface area contributed by atoms with Crippen LogP contribution in [0.25, 0.3) is 0 Å². The molecule has 0 fully saturated rings. The minimum Gasteiger partial charge on any atom is -0.481 e. The van der Waals surface area contributed by atoms with Gasteiger partial charge in [0.15, 0.2) is 5.78 Å². The van der Waals surface area contributed by atoms with Crippen LogP contribution < -0.4 is 21.3 Å². The van der Waals surface area contributed by atoms with Crippen molar-refractivity contribution in [3.63, 3.8) is 0 Å². The molecule has 1 aromatic carbocycles. The van der Waals surface area contributed by atoms with Crippen molar-refractivity contribution in [2.75, 3.05) is 6.67 Å². The number of aliphatic hydroxyl groups is 1. The molecule has 4 amide bonds. The number of carbonyl (C=O) groups excluding carboxylic acids is 5. The summed E-state index contributed by atoms with van der Waals surface area (Å²) in [6.45, 7) is 2.81. The van der Waals surface area contributed by atoms with Gasteiger partial charge < -0.3 is 41.3 Å². The first-order valence-electron chi connectivity index (χ1n) is 13.8. The smallest absolute Gasteiger partial charge is 0.408 e. The van der Waals surface area contributed by atoms with Crippen molar-refractivity contribution in [2.24, 2.45) is 5.92 Å². The molecule has 16 heteroatoms. The number of halogens is 1. The number of carboxylic acid groups (broad SMARTS) is 2. The highest BCUT2D eigenvalue weighted by Crippen LogP contribution is 2.11. The second kappa shape index (κ2) is 18.8. The Balaban J connectivity index is 3.09. The summed E-state index contributed by atoms with van der Waals surface area (Å²) in [5.41, 5.74) is 0.692. The van der Waals surface area contributed by atoms with E-state index in [0.29, 0.717) is 12.0 Å². The number of benzene rings is 1. The van der Waals surface area contributed by atoms with Crippen molar-refractivity contribution in [1.29, 1.82) is 0 Å². The fraction of sp³-hybridized carbons (Fsp3) is 0.536. The summed E-state index contributed by atoms with van der Waals surface area (Å²) in [5, 5.41) is 37.2. The number of hydrogen-bond acceptors (Lipinski definition) is 9. The van der Waals surface area contributed by atoms with E-state index in [0.717, 1.165) is 6.92 Å². The number of Topliss-reactive ketones (excluding diaryl/α,β-unsaturated/α-hetero) is 1. The second-order valence-electron chi connectivity index (χ2n) is 10.0. The maximum atomic E-state index is 13.3. The Morgan fingerprint density at radius 2 is 1.41 bits per heavy atom. The molecule has 244 valence electrons. The molecule has 0 bridgehead atoms. The van der Waals surface area contributed by atoms with Gasteiger partial charge in [0, 0.05) is 6.42 Å². The van der Waals surface area contributed by atoms with Crippen LogP contribution in [-0.2, 0) is 40.1 Å². The number of aliphatic hydroxyl groups excluding tert-OH is 1. The molecular formula is C28H39FN4O11. The molecule has 0 saturated carbocycles. The SMILES string of the molecule is CCC(C)C(NC(=O)OCc1ccccc1)C(=O)NC(CCC(=O)O)C(=O)NC(C(=O)NC(CC(=O)O)C(=O)CF)C(C)O. The predicted molar refractivity (Wildman–Crippen MR) is 151 cm³/mol. The van der Waals surface area contributed by atoms with Crippen molar-refractivity contribution in [2.45, 2.75) is 83.3 Å². The first-order valence-corrected chi connectivity index (χ1v) is 13.8. The summed E-state index contributed by atoms with van der Waals surface area (Å²) in [6, 6.07) is 2.32. The average molecular weight is 627 g/mol. The zero-order chi connectivity index (χ0) is 33.4. The summed E-state index contributed by atoms with van der Waals surface area (Å²) in [6.07, 6.45) is -4.18. The highest BCUT2D eigenvalue weighted by atomic mass is 19.1. The largest absolute Gasteiger partial charge is 0.481 e. The van der Waals surface area contributed by atoms with Crippen molar-refractivity contribution >= 4 is 41.5 Å². The standard InChI is InChI=1S/C28H39FN4O11/c1-4-15(2)23(33-28(43)44-14-17-8-6-5-7-9-17)26(41)30-18(10-11-21(36)37)25(40)32-24(16(3)34)27(42)31-19(12-22(38)39)20(35)13-29/h5-9,15-16,18-19,23-24,34H,4,10-14H2,1-3H3,(H,30,41)(H,31,42)(H,32,40)(H,33,43)(H,36,37)(H,38,39). The number of carbonyl (C=O) groups is 7. The van der Waals surface area contributed by atoms with Gasteiger partial charge in [-0.1, -0.05) is 50.6 Å². The van der Waals surface area contributed by atoms with Gasteiger partial charge in [-0.3, -0.25) is 28.8 Å². The summed E-state index contributed by atoms with van der Waals surface area (Å²) in [4.78, 5) is 85.7. The molecule has 0 radical (unpaired) electrons. The molecule has 0 saturated heterocycles. The molecule has 0 aliphatic heterocycles. The maximum Gasteiger partial charge on any atom is 0.408 e. The van der Waals surface area contributed by atoms with Crippen LogP contribution in [0.4, 0.5) is 9.18 Å². The Kier molecular flexibility index (Phi) is 16.0. The van der Waals surface area contributed by atoms with E-state index in [4.69, 9.17) is 14.9 Å². The number of aliphatic carboxylic acids is 2. The van der Waals surface area contributed by atoms with Gasteiger partial charge in [0.05, 0.1) is 12.5 Å². The zero-order valence-electron chi connectivity index (χ0n) is 24.6. The third-order valence-electron chi connectivity index (χ3n) is 6.54. The predicted octanol–water partition coefficient (Wildman–Crippen LogP) is 0.0408. The summed E-state index contributed by atoms with van der Waals surface area (Å²) in [5.74, 6) is -7.78. The van der Waals surface area contributed by atoms with E-state index in [1.54, 1.807) is 44.2 Å². The van der Waals surface area contributed by atoms with Crippen LogP contribution in [0.1, 0.15) is 52.0 Å². The number of carboxylic acids is 2. The number of alkyl halides is 1. The monoisotopic (exact) mass is 626 g/mol. The van der Waals surface area contributed by atoms with E-state index in [1.807, 2.05) is 5.32 Å². The lowest BCUT2D eigenvalue weighted by molar-refractivity contribution is -0.141. The van der Waals surface area contributed by atoms with Crippen molar-refractivity contribution in [3.05, 3.63) is 35.9 Å². The van der Waals surface area contributed by atoms with Gasteiger partial charge in [0.25, 0.3) is 0 Å². The molecule has 15 nitrogen and oxygen atoms in total. The Bertz CT molecular complexity index is 1170. The van der Waals surface area contributed by atoms with Crippen molar-refractivity contribution < 1.29 is 58.0 Å². The van der Waals surface area contributed by atoms with Crippen molar-refractivity contribution in [3.8, 4) is 0 Å². The third kappa shape index (κ3) is 13.1. The molecule has 0 aliphatic carbocycles. The highest BCUT2D eigenvalue weighted by Gasteiger charge is 2.35. The number of hydrogen-bond donors (Lipinski definition) is 7. The number of amides is 4. The molecule has 0 aromatic heterocycles. The van der Waals surface area contributed by atoms with Crippen LogP contribution in [0.15, 0.2) is 30.3 Å². The number of ketones is 1. The van der Waals surface area contributed by atoms with Crippen LogP contribution in [-0.4, -0.2) is 93.8 Å². The molecule has 0 aliphatic rings. The molecule has 6 atom stereocenters. The summed E-state index contributed by atoms with van der Waals surface area (Å²) >= 11 is 0. The number of rotatable bonds is 19. The molecule has 0 spiro atoms. The summed E-state index contributed by atoms with van der Waals surface area (Å²) < 4.78 is 18.1. The lowest BCUT2D eigenvalue weighted by Gasteiger charge is -2.28. The summed E-state index contributed by atoms with van der Waals surface area (Å²) in [7, 11) is 0. The first-order chi connectivity index (χ1) is 20.7. The van der Waals surface area contributed by atoms with Crippen LogP contribution in [0.3, 0.4) is 0 Å². The average Bonchev–Trinajstić information content (AvgIpc) is 2.98. The van der Waals surface area contributed by atoms with Gasteiger partial charge in [-0.05, 0) is 24.8 Å². The molecule has 1 rings (SSSR count). The first kappa shape index (κ1) is 37.4. The molecule has 7 N–H and O–H groups in total. The van der Waals surface area contributed by atoms with E-state index in [2.05, 4.69) is 16.0 Å². The molecule has 44 heavy (non-hydrogen) atoms. The number of nitrogens with one attached hydrogen (secondary N) is 4. The lowest BCUT2D eigenvalue weighted by atomic mass is 9.97. The van der Waals surface area contributed by atoms with E-state index >= 15 is 0 Å². The van der Waals surface area contributed by atoms with Crippen LogP contribution in [0, 0.1) is 5.92 Å². The van der Waals surface area contributed by atoms with E-state index in [1.165, 1.54) is 0 Å². The van der Waals surface area contributed by atoms with Crippen LogP contribution in [0.5, 0.6) is 0 Å². The lowest BCUT2D eigenvalue weighted by Crippen LogP contribution is -2.60. The Hall–Kier alpha value is -4.60. The number of alkyl carbamates (subject to hydrolysis) is 1. The van der Waals surface area contributed by atoms with E-state index in [-0.39, 0.29) is 6.61 Å². The minimum atomic E-state index is -1.81. The molecule has 1 aromatic rings. The topological polar surface area (TPSA) is 238 Å².